The van der Waals surface area contributed by atoms with E-state index in [1.807, 2.05) is 0 Å². The van der Waals surface area contributed by atoms with E-state index >= 15 is 0 Å². The van der Waals surface area contributed by atoms with Gasteiger partial charge in [0.25, 0.3) is 40.1 Å². The van der Waals surface area contributed by atoms with E-state index in [2.05, 4.69) is 0 Å². The fourth-order valence-corrected chi connectivity index (χ4v) is 12.5. The first-order chi connectivity index (χ1) is 31.3. The molecule has 0 unspecified atom stereocenters. The zero-order valence-electron chi connectivity index (χ0n) is 35.0. The number of fused-ring (bicyclic) bond motifs is 2. The minimum atomic E-state index is -8.27. The Morgan fingerprint density at radius 1 is 0.529 bits per heavy atom. The minimum absolute atomic E-state index is 0.0856. The summed E-state index contributed by atoms with van der Waals surface area (Å²) in [5.74, 6) is -32.5. The molecule has 0 saturated heterocycles. The summed E-state index contributed by atoms with van der Waals surface area (Å²) in [4.78, 5) is -2.92. The van der Waals surface area contributed by atoms with Crippen LogP contribution in [0.4, 0.5) is 84.7 Å². The van der Waals surface area contributed by atoms with Crippen molar-refractivity contribution in [2.75, 3.05) is 31.1 Å². The summed E-state index contributed by atoms with van der Waals surface area (Å²) >= 11 is 0. The van der Waals surface area contributed by atoms with Crippen LogP contribution < -0.4 is 23.1 Å². The van der Waals surface area contributed by atoms with Gasteiger partial charge in [-0.2, -0.15) is 79.0 Å². The van der Waals surface area contributed by atoms with E-state index in [1.165, 1.54) is 24.3 Å². The lowest BCUT2D eigenvalue weighted by atomic mass is 9.93. The third-order valence-electron chi connectivity index (χ3n) is 10.1. The maximum Gasteiger partial charge on any atom is 0.460 e. The van der Waals surface area contributed by atoms with Crippen molar-refractivity contribution >= 4 is 56.7 Å². The van der Waals surface area contributed by atoms with Crippen molar-refractivity contribution in [3.05, 3.63) is 60.0 Å². The van der Waals surface area contributed by atoms with Gasteiger partial charge in [0.15, 0.2) is 0 Å². The number of sulfonamides is 4. The van der Waals surface area contributed by atoms with Crippen LogP contribution in [-0.2, 0) is 40.1 Å². The SMILES string of the molecule is CCN(CC)c1ccc2c(-c3ccc(S(=O)(=O)NS(=O)(=O)C(F)(F)C(F)(F)C(F)(F)C(F)(F)F)cc3S(=O)(=O)NS(=O)(=O)C(F)(F)C(F)(F)C(F)(F)C(F)(F)F)c3ccc(=[N+](CC)CC)cc-3oc2c1. The van der Waals surface area contributed by atoms with Gasteiger partial charge in [0, 0.05) is 53.0 Å². The standard InChI is InChI=1S/C35H31F18N4O9S4/c1-5-56(6-2)18-9-12-21-24(15-18)66-25-16-19(57(7-3)8-4)10-13-22(25)27(21)23-14-11-20(67(58,59)54-69(62,63)34(50,51)30(40,41)28(36,37)32(44,45)46)17-26(23)68(60,61)55-70(64,65)35(52,53)31(42,43)29(38,39)33(47,48)49/h9-17,54-55H,5-8H2,1-4H3/q+1. The number of halogens is 18. The monoisotopic (exact) mass is 1120 g/mol. The second-order valence-corrected chi connectivity index (χ2v) is 21.6. The quantitative estimate of drug-likeness (QED) is 0.0565. The molecule has 2 aromatic carbocycles. The molecule has 35 heteroatoms. The van der Waals surface area contributed by atoms with E-state index in [-0.39, 0.29) is 42.7 Å². The molecule has 1 aliphatic carbocycles. The first-order valence-corrected chi connectivity index (χ1v) is 24.7. The summed E-state index contributed by atoms with van der Waals surface area (Å²) in [7, 11) is -30.5. The molecule has 0 amide bonds. The molecule has 2 aliphatic rings. The molecule has 1 aliphatic heterocycles. The Labute approximate surface area is 383 Å². The van der Waals surface area contributed by atoms with E-state index in [9.17, 15) is 113 Å². The van der Waals surface area contributed by atoms with Gasteiger partial charge in [-0.3, -0.25) is 0 Å². The molecule has 0 bridgehead atoms. The number of hydrogen-bond acceptors (Lipinski definition) is 10. The Kier molecular flexibility index (Phi) is 15.0. The van der Waals surface area contributed by atoms with Crippen molar-refractivity contribution < 1.29 is 117 Å². The second-order valence-electron chi connectivity index (χ2n) is 14.3. The van der Waals surface area contributed by atoms with Gasteiger partial charge in [0.2, 0.25) is 5.36 Å². The van der Waals surface area contributed by atoms with Gasteiger partial charge < -0.3 is 9.32 Å². The summed E-state index contributed by atoms with van der Waals surface area (Å²) < 4.78 is 360. The third-order valence-corrected chi connectivity index (χ3v) is 17.3. The largest absolute Gasteiger partial charge is 0.460 e. The molecule has 0 saturated carbocycles. The molecule has 1 heterocycles. The Morgan fingerprint density at radius 3 is 1.40 bits per heavy atom. The Balaban J connectivity index is 2.19. The number of alkyl halides is 18. The summed E-state index contributed by atoms with van der Waals surface area (Å²) in [6, 6.07) is 6.61. The van der Waals surface area contributed by atoms with Gasteiger partial charge >= 0.3 is 46.6 Å². The molecule has 0 atom stereocenters. The number of nitrogens with one attached hydrogen (secondary N) is 2. The van der Waals surface area contributed by atoms with Crippen LogP contribution in [0.3, 0.4) is 0 Å². The van der Waals surface area contributed by atoms with Gasteiger partial charge in [0.1, 0.15) is 24.4 Å². The topological polar surface area (TPSA) is 180 Å². The molecule has 394 valence electrons. The summed E-state index contributed by atoms with van der Waals surface area (Å²) in [6.07, 6.45) is -15.4. The lowest BCUT2D eigenvalue weighted by molar-refractivity contribution is -0.382. The molecule has 0 radical (unpaired) electrons. The first kappa shape index (κ1) is 58.0. The predicted octanol–water partition coefficient (Wildman–Crippen LogP) is 7.93. The Morgan fingerprint density at radius 2 is 0.971 bits per heavy atom. The molecule has 13 nitrogen and oxygen atoms in total. The Hall–Kier alpha value is -4.61. The van der Waals surface area contributed by atoms with E-state index in [1.54, 1.807) is 37.2 Å². The lowest BCUT2D eigenvalue weighted by Crippen LogP contribution is -2.65. The molecule has 70 heavy (non-hydrogen) atoms. The summed E-state index contributed by atoms with van der Waals surface area (Å²) in [5, 5.41) is -15.7. The van der Waals surface area contributed by atoms with Crippen LogP contribution in [0.1, 0.15) is 27.7 Å². The van der Waals surface area contributed by atoms with Crippen molar-refractivity contribution in [1.29, 1.82) is 0 Å². The van der Waals surface area contributed by atoms with E-state index < -0.39 is 114 Å². The number of rotatable bonds is 18. The normalized spacial score (nSPS) is 14.7. The van der Waals surface area contributed by atoms with Crippen molar-refractivity contribution in [3.8, 4) is 22.5 Å². The van der Waals surface area contributed by atoms with Crippen molar-refractivity contribution in [2.24, 2.45) is 0 Å². The molecule has 4 rings (SSSR count). The molecular weight excluding hydrogens is 1090 g/mol. The molecule has 0 aromatic heterocycles. The highest BCUT2D eigenvalue weighted by atomic mass is 32.3. The van der Waals surface area contributed by atoms with Gasteiger partial charge in [0.05, 0.1) is 15.9 Å². The van der Waals surface area contributed by atoms with Gasteiger partial charge in [-0.25, -0.2) is 38.2 Å². The fourth-order valence-electron chi connectivity index (χ4n) is 6.37. The zero-order chi connectivity index (χ0) is 54.2. The number of nitrogens with zero attached hydrogens (tertiary/aromatic N) is 2. The summed E-state index contributed by atoms with van der Waals surface area (Å²) in [5.41, 5.74) is -2.33. The van der Waals surface area contributed by atoms with E-state index in [0.717, 1.165) is 12.1 Å². The van der Waals surface area contributed by atoms with Crippen LogP contribution in [0.15, 0.2) is 68.8 Å². The second kappa shape index (κ2) is 18.2. The predicted molar refractivity (Wildman–Crippen MR) is 208 cm³/mol. The van der Waals surface area contributed by atoms with Crippen molar-refractivity contribution in [2.45, 2.75) is 84.0 Å². The van der Waals surface area contributed by atoms with Crippen LogP contribution in [0.25, 0.3) is 33.4 Å². The lowest BCUT2D eigenvalue weighted by Gasteiger charge is -2.33. The van der Waals surface area contributed by atoms with E-state index in [4.69, 9.17) is 4.42 Å². The molecule has 2 N–H and O–H groups in total. The smallest absolute Gasteiger partial charge is 0.456 e. The fraction of sp³-hybridized carbons (Fsp3) is 0.457. The first-order valence-electron chi connectivity index (χ1n) is 18.8. The van der Waals surface area contributed by atoms with Gasteiger partial charge in [-0.1, -0.05) is 14.3 Å². The third kappa shape index (κ3) is 9.36. The van der Waals surface area contributed by atoms with Crippen molar-refractivity contribution in [1.82, 2.24) is 12.8 Å². The summed E-state index contributed by atoms with van der Waals surface area (Å²) in [6.45, 7) is 7.88. The number of benzene rings is 3. The highest BCUT2D eigenvalue weighted by Gasteiger charge is 2.87. The average Bonchev–Trinajstić information content (AvgIpc) is 3.21. The molecular formula is C35H31F18N4O9S4+. The minimum Gasteiger partial charge on any atom is -0.456 e. The molecule has 0 spiro atoms. The highest BCUT2D eigenvalue weighted by Crippen LogP contribution is 2.56. The molecule has 2 aromatic rings. The van der Waals surface area contributed by atoms with Crippen LogP contribution >= 0.6 is 0 Å². The van der Waals surface area contributed by atoms with Crippen LogP contribution in [0, 0.1) is 0 Å². The maximum absolute atomic E-state index is 14.9. The number of anilines is 1. The van der Waals surface area contributed by atoms with Crippen LogP contribution in [0.2, 0.25) is 0 Å². The van der Waals surface area contributed by atoms with Crippen LogP contribution in [-0.4, -0.2) is 106 Å². The van der Waals surface area contributed by atoms with E-state index in [0.29, 0.717) is 37.2 Å². The van der Waals surface area contributed by atoms with Crippen LogP contribution in [0.5, 0.6) is 0 Å². The zero-order valence-corrected chi connectivity index (χ0v) is 38.3. The van der Waals surface area contributed by atoms with Gasteiger partial charge in [-0.05, 0) is 58.0 Å². The number of hydrogen-bond donors (Lipinski definition) is 2. The maximum atomic E-state index is 14.9. The average molecular weight is 1120 g/mol. The highest BCUT2D eigenvalue weighted by molar-refractivity contribution is 8.06. The van der Waals surface area contributed by atoms with Gasteiger partial charge in [-0.15, -0.1) is 0 Å². The Bertz CT molecular complexity index is 3170. The van der Waals surface area contributed by atoms with Crippen molar-refractivity contribution in [3.63, 3.8) is 0 Å². The molecule has 0 fully saturated rings.